The van der Waals surface area contributed by atoms with E-state index in [1.54, 1.807) is 12.4 Å². The van der Waals surface area contributed by atoms with Crippen LogP contribution >= 0.6 is 0 Å². The molecule has 4 aromatic carbocycles. The fourth-order valence-electron chi connectivity index (χ4n) is 6.03. The number of ether oxygens (including phenoxy) is 1. The largest absolute Gasteiger partial charge is 0.458 e. The fourth-order valence-corrected chi connectivity index (χ4v) is 6.03. The van der Waals surface area contributed by atoms with Crippen LogP contribution in [0, 0.1) is 6.33 Å². The van der Waals surface area contributed by atoms with E-state index in [-0.39, 0.29) is 5.41 Å². The second-order valence-corrected chi connectivity index (χ2v) is 12.2. The van der Waals surface area contributed by atoms with Crippen LogP contribution in [0.3, 0.4) is 0 Å². The van der Waals surface area contributed by atoms with Gasteiger partial charge in [0.15, 0.2) is 0 Å². The lowest BCUT2D eigenvalue weighted by atomic mass is 9.88. The summed E-state index contributed by atoms with van der Waals surface area (Å²) in [6, 6.07) is 39.5. The summed E-state index contributed by atoms with van der Waals surface area (Å²) in [6.45, 7) is 6.68. The van der Waals surface area contributed by atoms with Crippen molar-refractivity contribution < 1.29 is 9.30 Å². The highest BCUT2D eigenvalue weighted by Gasteiger charge is 2.18. The van der Waals surface area contributed by atoms with Crippen molar-refractivity contribution in [3.63, 3.8) is 0 Å². The van der Waals surface area contributed by atoms with Crippen molar-refractivity contribution in [3.8, 4) is 28.7 Å². The zero-order chi connectivity index (χ0) is 30.5. The number of rotatable bonds is 5. The van der Waals surface area contributed by atoms with Gasteiger partial charge >= 0.3 is 0 Å². The van der Waals surface area contributed by atoms with E-state index in [4.69, 9.17) is 9.72 Å². The normalized spacial score (nSPS) is 11.9. The number of fused-ring (bicyclic) bond motifs is 4. The molecule has 0 unspecified atom stereocenters. The topological polar surface area (TPSA) is 48.8 Å². The average molecular weight is 586 g/mol. The van der Waals surface area contributed by atoms with Crippen LogP contribution in [-0.4, -0.2) is 19.1 Å². The third kappa shape index (κ3) is 4.71. The molecule has 0 aliphatic heterocycles. The van der Waals surface area contributed by atoms with Crippen LogP contribution in [0.4, 0.5) is 0 Å². The maximum absolute atomic E-state index is 6.54. The van der Waals surface area contributed by atoms with E-state index in [9.17, 15) is 0 Å². The molecular formula is C39H31N5O. The van der Waals surface area contributed by atoms with Crippen molar-refractivity contribution in [2.24, 2.45) is 0 Å². The second kappa shape index (κ2) is 10.5. The molecule has 6 nitrogen and oxygen atoms in total. The minimum Gasteiger partial charge on any atom is -0.458 e. The Bertz CT molecular complexity index is 2340. The number of hydrogen-bond donors (Lipinski definition) is 0. The zero-order valence-electron chi connectivity index (χ0n) is 25.3. The van der Waals surface area contributed by atoms with Crippen molar-refractivity contribution >= 4 is 32.8 Å². The van der Waals surface area contributed by atoms with Gasteiger partial charge in [-0.2, -0.15) is 0 Å². The highest BCUT2D eigenvalue weighted by molar-refractivity contribution is 6.09. The number of imidazole rings is 1. The number of nitrogens with zero attached hydrogens (tertiary/aromatic N) is 5. The van der Waals surface area contributed by atoms with Crippen LogP contribution in [-0.2, 0) is 5.41 Å². The van der Waals surface area contributed by atoms with Gasteiger partial charge in [0.1, 0.15) is 17.3 Å². The van der Waals surface area contributed by atoms with E-state index in [2.05, 4.69) is 113 Å². The molecule has 8 aromatic rings. The minimum absolute atomic E-state index is 0.00971. The maximum atomic E-state index is 6.54. The molecule has 45 heavy (non-hydrogen) atoms. The summed E-state index contributed by atoms with van der Waals surface area (Å²) in [6.07, 6.45) is 9.03. The number of para-hydroxylation sites is 3. The second-order valence-electron chi connectivity index (χ2n) is 12.2. The smallest absolute Gasteiger partial charge is 0.269 e. The first-order valence-corrected chi connectivity index (χ1v) is 15.1. The van der Waals surface area contributed by atoms with Crippen LogP contribution in [0.5, 0.6) is 11.5 Å². The first-order valence-electron chi connectivity index (χ1n) is 15.1. The molecule has 0 aliphatic carbocycles. The lowest BCUT2D eigenvalue weighted by molar-refractivity contribution is -0.572. The van der Waals surface area contributed by atoms with Crippen molar-refractivity contribution in [2.45, 2.75) is 26.2 Å². The van der Waals surface area contributed by atoms with Crippen LogP contribution in [0.15, 0.2) is 134 Å². The van der Waals surface area contributed by atoms with Gasteiger partial charge in [0, 0.05) is 35.4 Å². The third-order valence-electron chi connectivity index (χ3n) is 8.28. The van der Waals surface area contributed by atoms with E-state index in [0.717, 1.165) is 56.1 Å². The van der Waals surface area contributed by atoms with Crippen molar-refractivity contribution in [2.75, 3.05) is 0 Å². The fraction of sp³-hybridized carbons (Fsp3) is 0.103. The van der Waals surface area contributed by atoms with E-state index in [1.165, 1.54) is 10.9 Å². The van der Waals surface area contributed by atoms with Crippen LogP contribution in [0.2, 0.25) is 0 Å². The molecule has 0 amide bonds. The molecule has 0 spiro atoms. The van der Waals surface area contributed by atoms with E-state index in [1.807, 2.05) is 54.7 Å². The van der Waals surface area contributed by atoms with Gasteiger partial charge in [-0.1, -0.05) is 69.3 Å². The van der Waals surface area contributed by atoms with Gasteiger partial charge in [0.05, 0.1) is 33.4 Å². The first kappa shape index (κ1) is 26.8. The first-order chi connectivity index (χ1) is 21.9. The van der Waals surface area contributed by atoms with Gasteiger partial charge in [-0.25, -0.2) is 4.98 Å². The maximum Gasteiger partial charge on any atom is 0.269 e. The number of benzene rings is 4. The summed E-state index contributed by atoms with van der Waals surface area (Å²) in [5, 5.41) is 2.34. The Kier molecular flexibility index (Phi) is 6.24. The van der Waals surface area contributed by atoms with E-state index < -0.39 is 0 Å². The molecule has 0 bridgehead atoms. The lowest BCUT2D eigenvalue weighted by Gasteiger charge is -2.20. The van der Waals surface area contributed by atoms with Gasteiger partial charge in [-0.05, 0) is 71.6 Å². The predicted molar refractivity (Wildman–Crippen MR) is 179 cm³/mol. The summed E-state index contributed by atoms with van der Waals surface area (Å²) in [7, 11) is 0. The molecule has 0 radical (unpaired) electrons. The molecule has 8 rings (SSSR count). The number of hydrogen-bond acceptors (Lipinski definition) is 3. The van der Waals surface area contributed by atoms with Gasteiger partial charge in [0.2, 0.25) is 0 Å². The molecule has 0 saturated heterocycles. The van der Waals surface area contributed by atoms with Crippen molar-refractivity contribution in [1.82, 2.24) is 19.1 Å². The Morgan fingerprint density at radius 3 is 2.27 bits per heavy atom. The molecular weight excluding hydrogens is 554 g/mol. The summed E-state index contributed by atoms with van der Waals surface area (Å²) in [5.41, 5.74) is 7.46. The van der Waals surface area contributed by atoms with E-state index in [0.29, 0.717) is 0 Å². The van der Waals surface area contributed by atoms with Gasteiger partial charge in [-0.15, -0.1) is 0 Å². The van der Waals surface area contributed by atoms with E-state index >= 15 is 0 Å². The third-order valence-corrected chi connectivity index (χ3v) is 8.28. The van der Waals surface area contributed by atoms with Crippen LogP contribution in [0.1, 0.15) is 26.3 Å². The lowest BCUT2D eigenvalue weighted by Crippen LogP contribution is -2.29. The summed E-state index contributed by atoms with van der Waals surface area (Å²) >= 11 is 0. The average Bonchev–Trinajstić information content (AvgIpc) is 3.61. The Morgan fingerprint density at radius 1 is 0.667 bits per heavy atom. The highest BCUT2D eigenvalue weighted by Crippen LogP contribution is 2.36. The number of aromatic nitrogens is 5. The Balaban J connectivity index is 1.21. The SMILES string of the molecule is CC(C)(C)c1ccnc(-n2c3ccccc3c3ccc(Oc4cccc(-n5[c-][n+](-c6ccncc6)c6ccccc65)c4)cc32)c1. The molecule has 0 N–H and O–H groups in total. The molecule has 218 valence electrons. The minimum atomic E-state index is 0.00971. The molecule has 0 fully saturated rings. The van der Waals surface area contributed by atoms with Crippen LogP contribution in [0.25, 0.3) is 50.0 Å². The quantitative estimate of drug-likeness (QED) is 0.150. The standard InChI is InChI=1S/C39H31N5O/c1-39(2,3)27-17-22-41-38(23-27)44-34-12-5-4-11-32(34)33-16-15-31(25-37(33)44)45-30-10-8-9-29(24-30)43-26-42(28-18-20-40-21-19-28)35-13-6-7-14-36(35)43/h4-25H,1-3H3. The van der Waals surface area contributed by atoms with Gasteiger partial charge < -0.3 is 4.74 Å². The zero-order valence-corrected chi connectivity index (χ0v) is 25.3. The number of pyridine rings is 2. The summed E-state index contributed by atoms with van der Waals surface area (Å²) in [5.74, 6) is 2.39. The van der Waals surface area contributed by atoms with Crippen molar-refractivity contribution in [1.29, 1.82) is 0 Å². The van der Waals surface area contributed by atoms with Crippen LogP contribution < -0.4 is 9.30 Å². The summed E-state index contributed by atoms with van der Waals surface area (Å²) in [4.78, 5) is 8.99. The molecule has 4 aromatic heterocycles. The molecule has 0 aliphatic rings. The Hall–Kier alpha value is -5.75. The Morgan fingerprint density at radius 2 is 1.42 bits per heavy atom. The molecule has 4 heterocycles. The molecule has 0 saturated carbocycles. The van der Waals surface area contributed by atoms with Gasteiger partial charge in [-0.3, -0.25) is 18.7 Å². The van der Waals surface area contributed by atoms with Crippen molar-refractivity contribution in [3.05, 3.63) is 146 Å². The monoisotopic (exact) mass is 585 g/mol. The van der Waals surface area contributed by atoms with Gasteiger partial charge in [0.25, 0.3) is 6.33 Å². The molecule has 6 heteroatoms. The predicted octanol–water partition coefficient (Wildman–Crippen LogP) is 8.68. The summed E-state index contributed by atoms with van der Waals surface area (Å²) < 4.78 is 12.9. The molecule has 0 atom stereocenters. The highest BCUT2D eigenvalue weighted by atomic mass is 16.5. The Labute approximate surface area is 261 Å².